The molecule has 6 heteroatoms. The van der Waals surface area contributed by atoms with Crippen molar-refractivity contribution in [2.75, 3.05) is 5.32 Å². The molecule has 0 aromatic heterocycles. The van der Waals surface area contributed by atoms with Gasteiger partial charge in [-0.1, -0.05) is 38.1 Å². The first-order valence-electron chi connectivity index (χ1n) is 8.77. The van der Waals surface area contributed by atoms with Crippen molar-refractivity contribution < 1.29 is 13.2 Å². The maximum atomic E-state index is 12.7. The molecule has 1 unspecified atom stereocenters. The van der Waals surface area contributed by atoms with E-state index in [1.165, 1.54) is 12.1 Å². The molecule has 1 atom stereocenters. The van der Waals surface area contributed by atoms with Gasteiger partial charge in [-0.25, -0.2) is 13.1 Å². The van der Waals surface area contributed by atoms with Crippen molar-refractivity contribution in [1.82, 2.24) is 4.72 Å². The number of hydrogen-bond donors (Lipinski definition) is 2. The average Bonchev–Trinajstić information content (AvgIpc) is 2.60. The Morgan fingerprint density at radius 1 is 1.04 bits per heavy atom. The van der Waals surface area contributed by atoms with Gasteiger partial charge in [0.25, 0.3) is 5.91 Å². The molecule has 0 fully saturated rings. The monoisotopic (exact) mass is 374 g/mol. The van der Waals surface area contributed by atoms with Gasteiger partial charge in [-0.15, -0.1) is 0 Å². The number of amides is 1. The molecule has 140 valence electrons. The van der Waals surface area contributed by atoms with Crippen LogP contribution in [0.15, 0.2) is 53.4 Å². The Bertz CT molecular complexity index is 876. The highest BCUT2D eigenvalue weighted by atomic mass is 32.2. The summed E-state index contributed by atoms with van der Waals surface area (Å²) in [6.45, 7) is 7.70. The van der Waals surface area contributed by atoms with Gasteiger partial charge in [0.15, 0.2) is 0 Å². The number of carbonyl (C=O) groups is 1. The second-order valence-corrected chi connectivity index (χ2v) is 8.37. The van der Waals surface area contributed by atoms with Gasteiger partial charge in [0, 0.05) is 17.3 Å². The molecular weight excluding hydrogens is 348 g/mol. The van der Waals surface area contributed by atoms with Crippen molar-refractivity contribution in [2.24, 2.45) is 0 Å². The van der Waals surface area contributed by atoms with E-state index in [1.54, 1.807) is 26.0 Å². The van der Waals surface area contributed by atoms with E-state index in [0.29, 0.717) is 11.5 Å². The average molecular weight is 375 g/mol. The molecule has 0 heterocycles. The molecule has 0 aliphatic rings. The summed E-state index contributed by atoms with van der Waals surface area (Å²) in [6.07, 6.45) is 0.960. The Morgan fingerprint density at radius 3 is 2.38 bits per heavy atom. The number of nitrogens with one attached hydrogen (secondary N) is 2. The third-order valence-corrected chi connectivity index (χ3v) is 5.81. The number of para-hydroxylation sites is 1. The number of hydrogen-bond acceptors (Lipinski definition) is 3. The Labute approximate surface area is 155 Å². The van der Waals surface area contributed by atoms with Crippen LogP contribution in [-0.4, -0.2) is 20.4 Å². The first-order valence-corrected chi connectivity index (χ1v) is 10.3. The minimum Gasteiger partial charge on any atom is -0.322 e. The minimum absolute atomic E-state index is 0.0778. The number of benzene rings is 2. The van der Waals surface area contributed by atoms with E-state index in [4.69, 9.17) is 0 Å². The highest BCUT2D eigenvalue weighted by Gasteiger charge is 2.18. The van der Waals surface area contributed by atoms with Crippen LogP contribution < -0.4 is 10.0 Å². The molecule has 2 aromatic carbocycles. The summed E-state index contributed by atoms with van der Waals surface area (Å²) in [7, 11) is -3.64. The predicted molar refractivity (Wildman–Crippen MR) is 105 cm³/mol. The number of sulfonamides is 1. The first kappa shape index (κ1) is 20.1. The first-order chi connectivity index (χ1) is 12.2. The molecule has 0 saturated heterocycles. The second kappa shape index (κ2) is 8.47. The molecule has 2 N–H and O–H groups in total. The molecule has 5 nitrogen and oxygen atoms in total. The molecule has 0 aliphatic carbocycles. The van der Waals surface area contributed by atoms with Crippen LogP contribution in [0.1, 0.15) is 56.0 Å². The van der Waals surface area contributed by atoms with E-state index in [9.17, 15) is 13.2 Å². The Hall–Kier alpha value is -2.18. The number of carbonyl (C=O) groups excluding carboxylic acids is 1. The summed E-state index contributed by atoms with van der Waals surface area (Å²) >= 11 is 0. The molecule has 0 saturated carbocycles. The third kappa shape index (κ3) is 4.93. The maximum Gasteiger partial charge on any atom is 0.255 e. The fourth-order valence-corrected chi connectivity index (χ4v) is 3.93. The standard InChI is InChI=1S/C20H26N2O3S/c1-5-15(4)18-11-6-7-12-19(18)21-20(23)16-9-8-10-17(13-16)26(24,25)22-14(2)3/h6-15,22H,5H2,1-4H3,(H,21,23). The van der Waals surface area contributed by atoms with E-state index < -0.39 is 10.0 Å². The lowest BCUT2D eigenvalue weighted by molar-refractivity contribution is 0.102. The summed E-state index contributed by atoms with van der Waals surface area (Å²) in [4.78, 5) is 12.7. The van der Waals surface area contributed by atoms with Gasteiger partial charge >= 0.3 is 0 Å². The Kier molecular flexibility index (Phi) is 6.56. The smallest absolute Gasteiger partial charge is 0.255 e. The summed E-state index contributed by atoms with van der Waals surface area (Å²) < 4.78 is 27.2. The largest absolute Gasteiger partial charge is 0.322 e. The maximum absolute atomic E-state index is 12.7. The fourth-order valence-electron chi connectivity index (χ4n) is 2.64. The van der Waals surface area contributed by atoms with E-state index in [2.05, 4.69) is 23.9 Å². The normalized spacial score (nSPS) is 12.8. The van der Waals surface area contributed by atoms with Crippen LogP contribution >= 0.6 is 0 Å². The van der Waals surface area contributed by atoms with Gasteiger partial charge < -0.3 is 5.32 Å². The van der Waals surface area contributed by atoms with Crippen molar-refractivity contribution in [3.8, 4) is 0 Å². The van der Waals surface area contributed by atoms with Crippen molar-refractivity contribution >= 4 is 21.6 Å². The Morgan fingerprint density at radius 2 is 1.73 bits per heavy atom. The molecule has 2 rings (SSSR count). The predicted octanol–water partition coefficient (Wildman–Crippen LogP) is 4.14. The summed E-state index contributed by atoms with van der Waals surface area (Å²) in [5.41, 5.74) is 2.12. The molecule has 2 aromatic rings. The number of anilines is 1. The highest BCUT2D eigenvalue weighted by Crippen LogP contribution is 2.27. The lowest BCUT2D eigenvalue weighted by Crippen LogP contribution is -2.30. The summed E-state index contributed by atoms with van der Waals surface area (Å²) in [5.74, 6) is -0.0178. The highest BCUT2D eigenvalue weighted by molar-refractivity contribution is 7.89. The van der Waals surface area contributed by atoms with Crippen molar-refractivity contribution in [1.29, 1.82) is 0 Å². The summed E-state index contributed by atoms with van der Waals surface area (Å²) in [5, 5.41) is 2.91. The van der Waals surface area contributed by atoms with Gasteiger partial charge in [0.2, 0.25) is 10.0 Å². The van der Waals surface area contributed by atoms with Crippen LogP contribution in [0.5, 0.6) is 0 Å². The molecule has 26 heavy (non-hydrogen) atoms. The molecule has 1 amide bonds. The Balaban J connectivity index is 2.28. The minimum atomic E-state index is -3.64. The topological polar surface area (TPSA) is 75.3 Å². The van der Waals surface area contributed by atoms with Crippen LogP contribution in [0.3, 0.4) is 0 Å². The lowest BCUT2D eigenvalue weighted by atomic mass is 9.97. The quantitative estimate of drug-likeness (QED) is 0.765. The molecule has 0 spiro atoms. The van der Waals surface area contributed by atoms with E-state index in [1.807, 2.05) is 24.3 Å². The van der Waals surface area contributed by atoms with Crippen molar-refractivity contribution in [3.63, 3.8) is 0 Å². The van der Waals surface area contributed by atoms with Crippen LogP contribution in [0.25, 0.3) is 0 Å². The SMILES string of the molecule is CCC(C)c1ccccc1NC(=O)c1cccc(S(=O)(=O)NC(C)C)c1. The third-order valence-electron chi connectivity index (χ3n) is 4.15. The van der Waals surface area contributed by atoms with Gasteiger partial charge in [-0.2, -0.15) is 0 Å². The molecule has 0 bridgehead atoms. The van der Waals surface area contributed by atoms with E-state index in [0.717, 1.165) is 17.7 Å². The van der Waals surface area contributed by atoms with E-state index >= 15 is 0 Å². The van der Waals surface area contributed by atoms with Crippen LogP contribution in [0, 0.1) is 0 Å². The van der Waals surface area contributed by atoms with Crippen molar-refractivity contribution in [3.05, 3.63) is 59.7 Å². The zero-order chi connectivity index (χ0) is 19.3. The zero-order valence-corrected chi connectivity index (χ0v) is 16.4. The van der Waals surface area contributed by atoms with Crippen molar-refractivity contribution in [2.45, 2.75) is 51.0 Å². The van der Waals surface area contributed by atoms with Crippen LogP contribution in [0.2, 0.25) is 0 Å². The van der Waals surface area contributed by atoms with Crippen LogP contribution in [0.4, 0.5) is 5.69 Å². The number of rotatable bonds is 7. The molecule has 0 aliphatic heterocycles. The molecular formula is C20H26N2O3S. The molecule has 0 radical (unpaired) electrons. The fraction of sp³-hybridized carbons (Fsp3) is 0.350. The van der Waals surface area contributed by atoms with Gasteiger partial charge in [-0.3, -0.25) is 4.79 Å². The second-order valence-electron chi connectivity index (χ2n) is 6.65. The van der Waals surface area contributed by atoms with E-state index in [-0.39, 0.29) is 16.8 Å². The zero-order valence-electron chi connectivity index (χ0n) is 15.6. The van der Waals surface area contributed by atoms with Gasteiger partial charge in [0.05, 0.1) is 4.90 Å². The van der Waals surface area contributed by atoms with Crippen LogP contribution in [-0.2, 0) is 10.0 Å². The summed E-state index contributed by atoms with van der Waals surface area (Å²) in [6, 6.07) is 13.5. The van der Waals surface area contributed by atoms with Gasteiger partial charge in [0.1, 0.15) is 0 Å². The lowest BCUT2D eigenvalue weighted by Gasteiger charge is -2.16. The van der Waals surface area contributed by atoms with Gasteiger partial charge in [-0.05, 0) is 56.0 Å².